The summed E-state index contributed by atoms with van der Waals surface area (Å²) in [4.78, 5) is 26.4. The molecule has 1 saturated heterocycles. The van der Waals surface area contributed by atoms with Gasteiger partial charge in [0.25, 0.3) is 0 Å². The topological polar surface area (TPSA) is 67.9 Å². The predicted octanol–water partition coefficient (Wildman–Crippen LogP) is 3.10. The van der Waals surface area contributed by atoms with Gasteiger partial charge in [0.2, 0.25) is 5.91 Å². The van der Waals surface area contributed by atoms with Gasteiger partial charge < -0.3 is 19.7 Å². The number of carbonyl (C=O) groups is 2. The maximum absolute atomic E-state index is 12.6. The van der Waals surface area contributed by atoms with Crippen molar-refractivity contribution in [3.8, 4) is 0 Å². The van der Waals surface area contributed by atoms with E-state index in [1.807, 2.05) is 45.0 Å². The minimum absolute atomic E-state index is 0.0227. The lowest BCUT2D eigenvalue weighted by Gasteiger charge is -2.33. The number of hydrogen-bond acceptors (Lipinski definition) is 4. The van der Waals surface area contributed by atoms with Crippen molar-refractivity contribution in [1.82, 2.24) is 10.2 Å². The highest BCUT2D eigenvalue weighted by Crippen LogP contribution is 2.20. The quantitative estimate of drug-likeness (QED) is 0.874. The van der Waals surface area contributed by atoms with Gasteiger partial charge in [-0.3, -0.25) is 4.79 Å². The van der Waals surface area contributed by atoms with Gasteiger partial charge in [0.05, 0.1) is 12.5 Å². The second kappa shape index (κ2) is 9.03. The SMILES string of the molecule is COCc1ccccc1CNC(=O)C1CCCN(C(=O)OC(C)(C)C)C1. The number of hydrogen-bond donors (Lipinski definition) is 1. The first-order chi connectivity index (χ1) is 12.3. The highest BCUT2D eigenvalue weighted by molar-refractivity contribution is 5.80. The van der Waals surface area contributed by atoms with Crippen molar-refractivity contribution in [3.63, 3.8) is 0 Å². The van der Waals surface area contributed by atoms with Crippen LogP contribution in [0.15, 0.2) is 24.3 Å². The van der Waals surface area contributed by atoms with Crippen LogP contribution in [0.25, 0.3) is 0 Å². The second-order valence-corrected chi connectivity index (χ2v) is 7.69. The number of rotatable bonds is 5. The van der Waals surface area contributed by atoms with E-state index in [1.165, 1.54) is 0 Å². The lowest BCUT2D eigenvalue weighted by molar-refractivity contribution is -0.126. The molecule has 0 radical (unpaired) electrons. The normalized spacial score (nSPS) is 17.7. The molecule has 6 nitrogen and oxygen atoms in total. The lowest BCUT2D eigenvalue weighted by Crippen LogP contribution is -2.46. The summed E-state index contributed by atoms with van der Waals surface area (Å²) in [5.74, 6) is -0.226. The van der Waals surface area contributed by atoms with Crippen LogP contribution in [0.1, 0.15) is 44.7 Å². The minimum atomic E-state index is -0.530. The molecule has 1 aliphatic heterocycles. The molecule has 0 aromatic heterocycles. The van der Waals surface area contributed by atoms with Crippen molar-refractivity contribution >= 4 is 12.0 Å². The summed E-state index contributed by atoms with van der Waals surface area (Å²) in [7, 11) is 1.66. The lowest BCUT2D eigenvalue weighted by atomic mass is 9.97. The fourth-order valence-corrected chi connectivity index (χ4v) is 3.04. The third kappa shape index (κ3) is 6.02. The molecule has 1 aliphatic rings. The van der Waals surface area contributed by atoms with Crippen molar-refractivity contribution in [2.24, 2.45) is 5.92 Å². The van der Waals surface area contributed by atoms with Gasteiger partial charge in [0.15, 0.2) is 0 Å². The van der Waals surface area contributed by atoms with E-state index in [2.05, 4.69) is 5.32 Å². The van der Waals surface area contributed by atoms with E-state index < -0.39 is 5.60 Å². The molecule has 1 heterocycles. The summed E-state index contributed by atoms with van der Waals surface area (Å²) in [5, 5.41) is 3.00. The summed E-state index contributed by atoms with van der Waals surface area (Å²) in [5.41, 5.74) is 1.58. The van der Waals surface area contributed by atoms with Gasteiger partial charge in [-0.05, 0) is 44.7 Å². The van der Waals surface area contributed by atoms with Gasteiger partial charge in [-0.25, -0.2) is 4.79 Å². The van der Waals surface area contributed by atoms with E-state index in [0.717, 1.165) is 24.0 Å². The molecule has 2 rings (SSSR count). The largest absolute Gasteiger partial charge is 0.444 e. The average Bonchev–Trinajstić information content (AvgIpc) is 2.59. The number of nitrogens with one attached hydrogen (secondary N) is 1. The Morgan fingerprint density at radius 2 is 1.92 bits per heavy atom. The van der Waals surface area contributed by atoms with Gasteiger partial charge in [0.1, 0.15) is 5.60 Å². The summed E-state index contributed by atoms with van der Waals surface area (Å²) in [6.45, 7) is 7.54. The molecule has 2 amide bonds. The molecule has 0 bridgehead atoms. The third-order valence-electron chi connectivity index (χ3n) is 4.32. The number of amides is 2. The van der Waals surface area contributed by atoms with Crippen LogP contribution in [-0.4, -0.2) is 42.7 Å². The fraction of sp³-hybridized carbons (Fsp3) is 0.600. The monoisotopic (exact) mass is 362 g/mol. The Hall–Kier alpha value is -2.08. The zero-order valence-corrected chi connectivity index (χ0v) is 16.2. The zero-order chi connectivity index (χ0) is 19.2. The molecular weight excluding hydrogens is 332 g/mol. The molecule has 1 atom stereocenters. The molecule has 1 unspecified atom stereocenters. The molecule has 1 aromatic rings. The highest BCUT2D eigenvalue weighted by Gasteiger charge is 2.30. The Bertz CT molecular complexity index is 624. The molecule has 1 N–H and O–H groups in total. The Morgan fingerprint density at radius 3 is 2.58 bits per heavy atom. The van der Waals surface area contributed by atoms with Crippen LogP contribution >= 0.6 is 0 Å². The van der Waals surface area contributed by atoms with Crippen molar-refractivity contribution in [2.75, 3.05) is 20.2 Å². The van der Waals surface area contributed by atoms with E-state index in [-0.39, 0.29) is 17.9 Å². The first-order valence-electron chi connectivity index (χ1n) is 9.11. The number of nitrogens with zero attached hydrogens (tertiary/aromatic N) is 1. The maximum atomic E-state index is 12.6. The molecule has 26 heavy (non-hydrogen) atoms. The predicted molar refractivity (Wildman–Crippen MR) is 99.5 cm³/mol. The molecule has 144 valence electrons. The number of piperidine rings is 1. The standard InChI is InChI=1S/C20H30N2O4/c1-20(2,3)26-19(24)22-11-7-10-16(13-22)18(23)21-12-15-8-5-6-9-17(15)14-25-4/h5-6,8-9,16H,7,10-14H2,1-4H3,(H,21,23). The van der Waals surface area contributed by atoms with Crippen LogP contribution in [0.5, 0.6) is 0 Å². The van der Waals surface area contributed by atoms with Crippen LogP contribution in [0, 0.1) is 5.92 Å². The van der Waals surface area contributed by atoms with Gasteiger partial charge in [0, 0.05) is 26.7 Å². The molecule has 0 spiro atoms. The number of ether oxygens (including phenoxy) is 2. The second-order valence-electron chi connectivity index (χ2n) is 7.69. The van der Waals surface area contributed by atoms with Crippen molar-refractivity contribution in [1.29, 1.82) is 0 Å². The minimum Gasteiger partial charge on any atom is -0.444 e. The van der Waals surface area contributed by atoms with Gasteiger partial charge in [-0.1, -0.05) is 24.3 Å². The van der Waals surface area contributed by atoms with Crippen LogP contribution in [0.2, 0.25) is 0 Å². The maximum Gasteiger partial charge on any atom is 0.410 e. The Balaban J connectivity index is 1.90. The average molecular weight is 362 g/mol. The number of carbonyl (C=O) groups excluding carboxylic acids is 2. The van der Waals surface area contributed by atoms with Gasteiger partial charge in [-0.2, -0.15) is 0 Å². The van der Waals surface area contributed by atoms with Crippen LogP contribution < -0.4 is 5.32 Å². The number of benzene rings is 1. The van der Waals surface area contributed by atoms with Gasteiger partial charge in [-0.15, -0.1) is 0 Å². The molecule has 6 heteroatoms. The number of likely N-dealkylation sites (tertiary alicyclic amines) is 1. The molecular formula is C20H30N2O4. The summed E-state index contributed by atoms with van der Waals surface area (Å²) < 4.78 is 10.6. The Kier molecular flexibility index (Phi) is 7.03. The summed E-state index contributed by atoms with van der Waals surface area (Å²) >= 11 is 0. The van der Waals surface area contributed by atoms with E-state index in [1.54, 1.807) is 12.0 Å². The molecule has 1 fully saturated rings. The van der Waals surface area contributed by atoms with E-state index in [4.69, 9.17) is 9.47 Å². The van der Waals surface area contributed by atoms with Crippen LogP contribution in [0.3, 0.4) is 0 Å². The molecule has 0 aliphatic carbocycles. The van der Waals surface area contributed by atoms with E-state index in [0.29, 0.717) is 26.2 Å². The smallest absolute Gasteiger partial charge is 0.410 e. The van der Waals surface area contributed by atoms with Crippen LogP contribution in [0.4, 0.5) is 4.79 Å². The van der Waals surface area contributed by atoms with Crippen molar-refractivity contribution in [3.05, 3.63) is 35.4 Å². The molecule has 0 saturated carbocycles. The van der Waals surface area contributed by atoms with Gasteiger partial charge >= 0.3 is 6.09 Å². The van der Waals surface area contributed by atoms with E-state index in [9.17, 15) is 9.59 Å². The first kappa shape index (κ1) is 20.2. The van der Waals surface area contributed by atoms with Crippen molar-refractivity contribution < 1.29 is 19.1 Å². The number of methoxy groups -OCH3 is 1. The highest BCUT2D eigenvalue weighted by atomic mass is 16.6. The fourth-order valence-electron chi connectivity index (χ4n) is 3.04. The summed E-state index contributed by atoms with van der Waals surface area (Å²) in [6.07, 6.45) is 1.24. The zero-order valence-electron chi connectivity index (χ0n) is 16.2. The third-order valence-corrected chi connectivity index (χ3v) is 4.32. The Morgan fingerprint density at radius 1 is 1.23 bits per heavy atom. The Labute approximate surface area is 155 Å². The summed E-state index contributed by atoms with van der Waals surface area (Å²) in [6, 6.07) is 7.89. The van der Waals surface area contributed by atoms with Crippen LogP contribution in [-0.2, 0) is 27.4 Å². The molecule has 1 aromatic carbocycles. The van der Waals surface area contributed by atoms with Crippen molar-refractivity contribution in [2.45, 2.75) is 52.4 Å². The van der Waals surface area contributed by atoms with E-state index >= 15 is 0 Å². The first-order valence-corrected chi connectivity index (χ1v) is 9.11.